The quantitative estimate of drug-likeness (QED) is 0.624. The van der Waals surface area contributed by atoms with E-state index in [1.165, 1.54) is 0 Å². The molecule has 0 atom stereocenters. The summed E-state index contributed by atoms with van der Waals surface area (Å²) in [4.78, 5) is 15.1. The minimum Gasteiger partial charge on any atom is -0.465 e. The summed E-state index contributed by atoms with van der Waals surface area (Å²) in [5.41, 5.74) is 0. The first-order valence-corrected chi connectivity index (χ1v) is 5.55. The predicted octanol–water partition coefficient (Wildman–Crippen LogP) is 1.07. The van der Waals surface area contributed by atoms with Gasteiger partial charge in [-0.3, -0.25) is 9.69 Å². The average molecular weight is 218 g/mol. The van der Waals surface area contributed by atoms with E-state index in [1.54, 1.807) is 0 Å². The number of nitrogens with zero attached hydrogens (tertiary/aromatic N) is 2. The number of rotatable bonds is 6. The highest BCUT2D eigenvalue weighted by Gasteiger charge is 2.06. The van der Waals surface area contributed by atoms with Gasteiger partial charge in [-0.05, 0) is 28.1 Å². The maximum absolute atomic E-state index is 11.0. The Labute approximate surface area is 94.2 Å². The van der Waals surface area contributed by atoms with Crippen molar-refractivity contribution in [1.29, 1.82) is 0 Å². The van der Waals surface area contributed by atoms with Crippen LogP contribution in [0.15, 0.2) is 0 Å². The molecule has 15 heavy (non-hydrogen) atoms. The van der Waals surface area contributed by atoms with Crippen molar-refractivity contribution < 1.29 is 9.53 Å². The van der Waals surface area contributed by atoms with Gasteiger partial charge >= 0.3 is 5.97 Å². The molecule has 0 heterocycles. The van der Waals surface area contributed by atoms with Crippen molar-refractivity contribution in [3.8, 4) is 0 Å². The Balaban J connectivity index is 0. The third-order valence-electron chi connectivity index (χ3n) is 1.63. The van der Waals surface area contributed by atoms with Crippen LogP contribution < -0.4 is 0 Å². The summed E-state index contributed by atoms with van der Waals surface area (Å²) in [7, 11) is 5.94. The lowest BCUT2D eigenvalue weighted by Gasteiger charge is -2.17. The summed E-state index contributed by atoms with van der Waals surface area (Å²) in [5.74, 6) is -0.149. The van der Waals surface area contributed by atoms with Crippen LogP contribution in [0.25, 0.3) is 0 Å². The average Bonchev–Trinajstić information content (AvgIpc) is 2.18. The van der Waals surface area contributed by atoms with Crippen LogP contribution >= 0.6 is 0 Å². The zero-order valence-electron chi connectivity index (χ0n) is 11.0. The maximum atomic E-state index is 11.0. The van der Waals surface area contributed by atoms with E-state index < -0.39 is 0 Å². The molecule has 0 saturated carbocycles. The first-order chi connectivity index (χ1) is 7.06. The zero-order valence-corrected chi connectivity index (χ0v) is 11.0. The highest BCUT2D eigenvalue weighted by Crippen LogP contribution is 1.86. The summed E-state index contributed by atoms with van der Waals surface area (Å²) in [5, 5.41) is 0. The number of hydrogen-bond acceptors (Lipinski definition) is 4. The molecule has 0 aromatic rings. The Kier molecular flexibility index (Phi) is 12.8. The van der Waals surface area contributed by atoms with Crippen LogP contribution in [0.4, 0.5) is 0 Å². The zero-order chi connectivity index (χ0) is 12.3. The molecule has 0 spiro atoms. The van der Waals surface area contributed by atoms with Crippen LogP contribution in [0.1, 0.15) is 20.8 Å². The number of likely N-dealkylation sites (N-methyl/N-ethyl adjacent to an activating group) is 2. The van der Waals surface area contributed by atoms with Gasteiger partial charge in [-0.25, -0.2) is 0 Å². The van der Waals surface area contributed by atoms with Crippen molar-refractivity contribution in [2.24, 2.45) is 0 Å². The monoisotopic (exact) mass is 218 g/mol. The second-order valence-electron chi connectivity index (χ2n) is 3.35. The third kappa shape index (κ3) is 13.4. The number of ether oxygens (including phenoxy) is 1. The van der Waals surface area contributed by atoms with Gasteiger partial charge in [0, 0.05) is 13.1 Å². The van der Waals surface area contributed by atoms with Gasteiger partial charge in [0.05, 0.1) is 13.2 Å². The fraction of sp³-hybridized carbons (Fsp3) is 0.909. The molecule has 0 unspecified atom stereocenters. The van der Waals surface area contributed by atoms with Gasteiger partial charge in [0.2, 0.25) is 0 Å². The second kappa shape index (κ2) is 11.5. The Bertz CT molecular complexity index is 150. The van der Waals surface area contributed by atoms with Crippen molar-refractivity contribution in [2.45, 2.75) is 20.8 Å². The van der Waals surface area contributed by atoms with Crippen LogP contribution in [0.2, 0.25) is 0 Å². The van der Waals surface area contributed by atoms with E-state index in [2.05, 4.69) is 4.90 Å². The standard InChI is InChI=1S/C9H20N2O2.C2H6/c1-5-13-9(12)8-11(4)7-6-10(2)3;1-2/h5-8H2,1-4H3;1-2H3. The largest absolute Gasteiger partial charge is 0.465 e. The molecular weight excluding hydrogens is 192 g/mol. The molecule has 0 radical (unpaired) electrons. The van der Waals surface area contributed by atoms with Crippen LogP contribution in [0.5, 0.6) is 0 Å². The highest BCUT2D eigenvalue weighted by molar-refractivity contribution is 5.71. The molecule has 0 saturated heterocycles. The molecule has 0 aliphatic carbocycles. The maximum Gasteiger partial charge on any atom is 0.320 e. The van der Waals surface area contributed by atoms with Crippen molar-refractivity contribution in [1.82, 2.24) is 9.80 Å². The van der Waals surface area contributed by atoms with Gasteiger partial charge < -0.3 is 9.64 Å². The van der Waals surface area contributed by atoms with Crippen molar-refractivity contribution in [3.63, 3.8) is 0 Å². The lowest BCUT2D eigenvalue weighted by molar-refractivity contribution is -0.144. The van der Waals surface area contributed by atoms with Gasteiger partial charge in [-0.2, -0.15) is 0 Å². The first-order valence-electron chi connectivity index (χ1n) is 5.55. The Hall–Kier alpha value is -0.610. The third-order valence-corrected chi connectivity index (χ3v) is 1.63. The summed E-state index contributed by atoms with van der Waals surface area (Å²) in [6, 6.07) is 0. The normalized spacial score (nSPS) is 9.87. The molecule has 0 aromatic carbocycles. The molecule has 0 N–H and O–H groups in total. The lowest BCUT2D eigenvalue weighted by Crippen LogP contribution is -2.33. The fourth-order valence-electron chi connectivity index (χ4n) is 0.877. The van der Waals surface area contributed by atoms with Crippen molar-refractivity contribution >= 4 is 5.97 Å². The predicted molar refractivity (Wildman–Crippen MR) is 64.0 cm³/mol. The van der Waals surface area contributed by atoms with E-state index in [0.29, 0.717) is 13.2 Å². The Morgan fingerprint density at radius 2 is 1.67 bits per heavy atom. The second-order valence-corrected chi connectivity index (χ2v) is 3.35. The highest BCUT2D eigenvalue weighted by atomic mass is 16.5. The molecule has 0 bridgehead atoms. The van der Waals surface area contributed by atoms with E-state index in [0.717, 1.165) is 13.1 Å². The molecule has 0 amide bonds. The van der Waals surface area contributed by atoms with Crippen LogP contribution in [-0.4, -0.2) is 63.2 Å². The molecule has 92 valence electrons. The number of carbonyl (C=O) groups is 1. The molecule has 0 rings (SSSR count). The number of hydrogen-bond donors (Lipinski definition) is 0. The van der Waals surface area contributed by atoms with Crippen LogP contribution in [0.3, 0.4) is 0 Å². The van der Waals surface area contributed by atoms with Gasteiger partial charge in [-0.1, -0.05) is 13.8 Å². The van der Waals surface area contributed by atoms with Gasteiger partial charge in [0.1, 0.15) is 0 Å². The fourth-order valence-corrected chi connectivity index (χ4v) is 0.877. The summed E-state index contributed by atoms with van der Waals surface area (Å²) >= 11 is 0. The molecule has 0 fully saturated rings. The molecule has 4 nitrogen and oxygen atoms in total. The SMILES string of the molecule is CC.CCOC(=O)CN(C)CCN(C)C. The van der Waals surface area contributed by atoms with Gasteiger partial charge in [0.25, 0.3) is 0 Å². The van der Waals surface area contributed by atoms with E-state index >= 15 is 0 Å². The Morgan fingerprint density at radius 3 is 2.07 bits per heavy atom. The summed E-state index contributed by atoms with van der Waals surface area (Å²) < 4.78 is 4.83. The van der Waals surface area contributed by atoms with E-state index in [-0.39, 0.29) is 5.97 Å². The minimum absolute atomic E-state index is 0.149. The van der Waals surface area contributed by atoms with Crippen LogP contribution in [-0.2, 0) is 9.53 Å². The van der Waals surface area contributed by atoms with E-state index in [1.807, 2.05) is 46.8 Å². The Morgan fingerprint density at radius 1 is 1.13 bits per heavy atom. The lowest BCUT2D eigenvalue weighted by atomic mass is 10.5. The smallest absolute Gasteiger partial charge is 0.320 e. The minimum atomic E-state index is -0.149. The molecular formula is C11H26N2O2. The summed E-state index contributed by atoms with van der Waals surface area (Å²) in [6.45, 7) is 8.49. The number of carbonyl (C=O) groups excluding carboxylic acids is 1. The molecule has 0 aliphatic rings. The topological polar surface area (TPSA) is 32.8 Å². The van der Waals surface area contributed by atoms with Gasteiger partial charge in [-0.15, -0.1) is 0 Å². The van der Waals surface area contributed by atoms with E-state index in [9.17, 15) is 4.79 Å². The van der Waals surface area contributed by atoms with Crippen molar-refractivity contribution in [2.75, 3.05) is 47.4 Å². The molecule has 0 aliphatic heterocycles. The first kappa shape index (κ1) is 16.8. The summed E-state index contributed by atoms with van der Waals surface area (Å²) in [6.07, 6.45) is 0. The van der Waals surface area contributed by atoms with E-state index in [4.69, 9.17) is 4.74 Å². The van der Waals surface area contributed by atoms with Gasteiger partial charge in [0.15, 0.2) is 0 Å². The number of esters is 1. The van der Waals surface area contributed by atoms with Crippen molar-refractivity contribution in [3.05, 3.63) is 0 Å². The molecule has 0 aromatic heterocycles. The molecule has 4 heteroatoms. The van der Waals surface area contributed by atoms with Crippen LogP contribution in [0, 0.1) is 0 Å².